The second kappa shape index (κ2) is 8.52. The molecular formula is C21H33NO. The third kappa shape index (κ3) is 6.37. The van der Waals surface area contributed by atoms with Gasteiger partial charge in [0.25, 0.3) is 0 Å². The summed E-state index contributed by atoms with van der Waals surface area (Å²) in [6.45, 7) is 6.68. The van der Waals surface area contributed by atoms with Gasteiger partial charge in [0, 0.05) is 12.5 Å². The second-order valence-electron chi connectivity index (χ2n) is 8.06. The summed E-state index contributed by atoms with van der Waals surface area (Å²) in [5.41, 5.74) is 2.79. The van der Waals surface area contributed by atoms with Crippen LogP contribution in [0.2, 0.25) is 0 Å². The molecule has 0 radical (unpaired) electrons. The number of hydrogen-bond acceptors (Lipinski definition) is 1. The van der Waals surface area contributed by atoms with Crippen LogP contribution in [-0.4, -0.2) is 11.9 Å². The molecule has 2 nitrogen and oxygen atoms in total. The van der Waals surface area contributed by atoms with Crippen molar-refractivity contribution in [1.29, 1.82) is 0 Å². The molecule has 0 aliphatic heterocycles. The molecule has 0 bridgehead atoms. The zero-order valence-electron chi connectivity index (χ0n) is 15.2. The van der Waals surface area contributed by atoms with Gasteiger partial charge in [-0.3, -0.25) is 4.79 Å². The molecule has 2 heteroatoms. The highest BCUT2D eigenvalue weighted by Crippen LogP contribution is 2.22. The Bertz CT molecular complexity index is 476. The standard InChI is InChI=1S/C21H33NO/c1-21(2,3)18-14-11-17(12-15-18)13-16-20(23)22-19-9-7-5-4-6-8-10-19/h11-12,14-15,19H,4-10,13,16H2,1-3H3,(H,22,23). The molecule has 2 rings (SSSR count). The highest BCUT2D eigenvalue weighted by atomic mass is 16.1. The summed E-state index contributed by atoms with van der Waals surface area (Å²) in [5.74, 6) is 0.218. The molecule has 0 unspecified atom stereocenters. The van der Waals surface area contributed by atoms with Crippen molar-refractivity contribution >= 4 is 5.91 Å². The Morgan fingerprint density at radius 2 is 1.57 bits per heavy atom. The van der Waals surface area contributed by atoms with Gasteiger partial charge < -0.3 is 5.32 Å². The summed E-state index contributed by atoms with van der Waals surface area (Å²) in [6.07, 6.45) is 10.3. The highest BCUT2D eigenvalue weighted by Gasteiger charge is 2.15. The first kappa shape index (κ1) is 18.0. The van der Waals surface area contributed by atoms with Gasteiger partial charge in [0.1, 0.15) is 0 Å². The number of carbonyl (C=O) groups excluding carboxylic acids is 1. The number of benzene rings is 1. The lowest BCUT2D eigenvalue weighted by molar-refractivity contribution is -0.121. The number of nitrogens with one attached hydrogen (secondary N) is 1. The van der Waals surface area contributed by atoms with Gasteiger partial charge in [-0.15, -0.1) is 0 Å². The molecule has 1 aliphatic rings. The minimum Gasteiger partial charge on any atom is -0.353 e. The van der Waals surface area contributed by atoms with Gasteiger partial charge >= 0.3 is 0 Å². The Labute approximate surface area is 142 Å². The van der Waals surface area contributed by atoms with E-state index >= 15 is 0 Å². The van der Waals surface area contributed by atoms with E-state index in [0.29, 0.717) is 12.5 Å². The Morgan fingerprint density at radius 1 is 1.00 bits per heavy atom. The van der Waals surface area contributed by atoms with Crippen molar-refractivity contribution in [1.82, 2.24) is 5.32 Å². The number of rotatable bonds is 4. The van der Waals surface area contributed by atoms with Crippen molar-refractivity contribution in [3.05, 3.63) is 35.4 Å². The topological polar surface area (TPSA) is 29.1 Å². The van der Waals surface area contributed by atoms with Crippen LogP contribution in [0.25, 0.3) is 0 Å². The molecule has 0 atom stereocenters. The Hall–Kier alpha value is -1.31. The van der Waals surface area contributed by atoms with Gasteiger partial charge in [-0.05, 0) is 35.8 Å². The highest BCUT2D eigenvalue weighted by molar-refractivity contribution is 5.76. The first-order valence-electron chi connectivity index (χ1n) is 9.34. The predicted molar refractivity (Wildman–Crippen MR) is 97.7 cm³/mol. The smallest absolute Gasteiger partial charge is 0.220 e. The van der Waals surface area contributed by atoms with Crippen LogP contribution in [0.5, 0.6) is 0 Å². The third-order valence-corrected chi connectivity index (χ3v) is 4.93. The Kier molecular flexibility index (Phi) is 6.68. The van der Waals surface area contributed by atoms with Crippen LogP contribution in [0.4, 0.5) is 0 Å². The fourth-order valence-electron chi connectivity index (χ4n) is 3.33. The van der Waals surface area contributed by atoms with Crippen LogP contribution in [-0.2, 0) is 16.6 Å². The number of carbonyl (C=O) groups is 1. The zero-order chi connectivity index (χ0) is 16.7. The van der Waals surface area contributed by atoms with E-state index in [1.54, 1.807) is 0 Å². The van der Waals surface area contributed by atoms with Crippen LogP contribution in [0, 0.1) is 0 Å². The van der Waals surface area contributed by atoms with Crippen molar-refractivity contribution in [2.75, 3.05) is 0 Å². The Morgan fingerprint density at radius 3 is 2.13 bits per heavy atom. The van der Waals surface area contributed by atoms with Gasteiger partial charge in [-0.2, -0.15) is 0 Å². The van der Waals surface area contributed by atoms with Crippen LogP contribution < -0.4 is 5.32 Å². The largest absolute Gasteiger partial charge is 0.353 e. The molecule has 1 amide bonds. The third-order valence-electron chi connectivity index (χ3n) is 4.93. The quantitative estimate of drug-likeness (QED) is 0.818. The number of aryl methyl sites for hydroxylation is 1. The van der Waals surface area contributed by atoms with E-state index in [1.165, 1.54) is 43.2 Å². The maximum atomic E-state index is 12.2. The average molecular weight is 316 g/mol. The minimum atomic E-state index is 0.189. The molecule has 1 aliphatic carbocycles. The zero-order valence-corrected chi connectivity index (χ0v) is 15.2. The lowest BCUT2D eigenvalue weighted by Crippen LogP contribution is -2.35. The van der Waals surface area contributed by atoms with E-state index in [2.05, 4.69) is 50.4 Å². The SMILES string of the molecule is CC(C)(C)c1ccc(CCC(=O)NC2CCCCCCC2)cc1. The van der Waals surface area contributed by atoms with Crippen LogP contribution in [0.3, 0.4) is 0 Å². The second-order valence-corrected chi connectivity index (χ2v) is 8.06. The molecule has 1 N–H and O–H groups in total. The molecule has 1 aromatic rings. The summed E-state index contributed by atoms with van der Waals surface area (Å²) in [4.78, 5) is 12.2. The molecule has 128 valence electrons. The number of amides is 1. The van der Waals surface area contributed by atoms with E-state index in [9.17, 15) is 4.79 Å². The Balaban J connectivity index is 1.77. The molecule has 1 fully saturated rings. The average Bonchev–Trinajstić information content (AvgIpc) is 2.47. The van der Waals surface area contributed by atoms with Crippen LogP contribution in [0.15, 0.2) is 24.3 Å². The molecule has 0 spiro atoms. The predicted octanol–water partition coefficient (Wildman–Crippen LogP) is 5.15. The van der Waals surface area contributed by atoms with Gasteiger partial charge in [0.15, 0.2) is 0 Å². The minimum absolute atomic E-state index is 0.189. The van der Waals surface area contributed by atoms with Crippen molar-refractivity contribution in [3.63, 3.8) is 0 Å². The van der Waals surface area contributed by atoms with E-state index in [0.717, 1.165) is 19.3 Å². The number of hydrogen-bond donors (Lipinski definition) is 1. The fourth-order valence-corrected chi connectivity index (χ4v) is 3.33. The van der Waals surface area contributed by atoms with Crippen LogP contribution >= 0.6 is 0 Å². The van der Waals surface area contributed by atoms with Crippen molar-refractivity contribution < 1.29 is 4.79 Å². The maximum Gasteiger partial charge on any atom is 0.220 e. The molecule has 0 aromatic heterocycles. The van der Waals surface area contributed by atoms with Gasteiger partial charge in [-0.25, -0.2) is 0 Å². The molecule has 23 heavy (non-hydrogen) atoms. The van der Waals surface area contributed by atoms with Gasteiger partial charge in [0.05, 0.1) is 0 Å². The summed E-state index contributed by atoms with van der Waals surface area (Å²) in [7, 11) is 0. The lowest BCUT2D eigenvalue weighted by atomic mass is 9.86. The molecule has 0 saturated heterocycles. The first-order chi connectivity index (χ1) is 10.9. The molecule has 1 saturated carbocycles. The van der Waals surface area contributed by atoms with Gasteiger partial charge in [0.2, 0.25) is 5.91 Å². The lowest BCUT2D eigenvalue weighted by Gasteiger charge is -2.21. The van der Waals surface area contributed by atoms with E-state index in [1.807, 2.05) is 0 Å². The maximum absolute atomic E-state index is 12.2. The summed E-state index contributed by atoms with van der Waals surface area (Å²) < 4.78 is 0. The van der Waals surface area contributed by atoms with Crippen molar-refractivity contribution in [3.8, 4) is 0 Å². The normalized spacial score (nSPS) is 17.3. The molecular weight excluding hydrogens is 282 g/mol. The monoisotopic (exact) mass is 315 g/mol. The first-order valence-corrected chi connectivity index (χ1v) is 9.34. The summed E-state index contributed by atoms with van der Waals surface area (Å²) in [5, 5.41) is 3.25. The molecule has 1 aromatic carbocycles. The van der Waals surface area contributed by atoms with E-state index in [-0.39, 0.29) is 11.3 Å². The van der Waals surface area contributed by atoms with E-state index < -0.39 is 0 Å². The summed E-state index contributed by atoms with van der Waals surface area (Å²) >= 11 is 0. The fraction of sp³-hybridized carbons (Fsp3) is 0.667. The molecule has 0 heterocycles. The van der Waals surface area contributed by atoms with Crippen molar-refractivity contribution in [2.24, 2.45) is 0 Å². The van der Waals surface area contributed by atoms with Gasteiger partial charge in [-0.1, -0.05) is 77.1 Å². The summed E-state index contributed by atoms with van der Waals surface area (Å²) in [6, 6.07) is 9.14. The van der Waals surface area contributed by atoms with Crippen LogP contribution in [0.1, 0.15) is 83.3 Å². The van der Waals surface area contributed by atoms with Crippen molar-refractivity contribution in [2.45, 2.75) is 90.0 Å². The van der Waals surface area contributed by atoms with E-state index in [4.69, 9.17) is 0 Å².